The number of halogens is 5. The average molecular weight is 381 g/mol. The first-order valence-corrected chi connectivity index (χ1v) is 7.90. The van der Waals surface area contributed by atoms with Crippen LogP contribution < -0.4 is 4.74 Å². The van der Waals surface area contributed by atoms with E-state index in [4.69, 9.17) is 4.74 Å². The summed E-state index contributed by atoms with van der Waals surface area (Å²) in [4.78, 5) is 0. The summed E-state index contributed by atoms with van der Waals surface area (Å²) in [6, 6.07) is 4.70. The molecule has 0 spiro atoms. The molecule has 0 saturated heterocycles. The van der Waals surface area contributed by atoms with Crippen molar-refractivity contribution in [2.24, 2.45) is 7.05 Å². The fourth-order valence-electron chi connectivity index (χ4n) is 3.29. The Bertz CT molecular complexity index is 1050. The van der Waals surface area contributed by atoms with E-state index < -0.39 is 46.4 Å². The third-order valence-electron chi connectivity index (χ3n) is 4.61. The SMILES string of the molecule is Cn1c(-c2c(F)cccc2F)nnc1C1(C)Oc2c(F)cc(F)cc2C1F. The van der Waals surface area contributed by atoms with Crippen molar-refractivity contribution in [2.45, 2.75) is 18.7 Å². The Kier molecular flexibility index (Phi) is 3.72. The van der Waals surface area contributed by atoms with Gasteiger partial charge in [0.2, 0.25) is 5.60 Å². The van der Waals surface area contributed by atoms with Crippen LogP contribution in [0.3, 0.4) is 0 Å². The number of alkyl halides is 1. The smallest absolute Gasteiger partial charge is 0.201 e. The Morgan fingerprint density at radius 1 is 1.04 bits per heavy atom. The Morgan fingerprint density at radius 2 is 1.70 bits per heavy atom. The number of ether oxygens (including phenoxy) is 1. The highest BCUT2D eigenvalue weighted by molar-refractivity contribution is 5.57. The van der Waals surface area contributed by atoms with E-state index in [0.29, 0.717) is 6.07 Å². The molecule has 0 radical (unpaired) electrons. The Hall–Kier alpha value is -2.97. The second-order valence-corrected chi connectivity index (χ2v) is 6.38. The molecule has 1 aromatic heterocycles. The fraction of sp³-hybridized carbons (Fsp3) is 0.222. The van der Waals surface area contributed by atoms with Gasteiger partial charge in [0.25, 0.3) is 0 Å². The molecule has 3 aromatic rings. The van der Waals surface area contributed by atoms with Crippen molar-refractivity contribution >= 4 is 0 Å². The molecule has 0 amide bonds. The number of benzene rings is 2. The molecule has 1 aliphatic heterocycles. The molecule has 0 N–H and O–H groups in total. The van der Waals surface area contributed by atoms with E-state index in [1.165, 1.54) is 20.0 Å². The van der Waals surface area contributed by atoms with Crippen molar-refractivity contribution in [3.8, 4) is 17.1 Å². The van der Waals surface area contributed by atoms with Crippen LogP contribution >= 0.6 is 0 Å². The molecule has 9 heteroatoms. The monoisotopic (exact) mass is 381 g/mol. The first-order chi connectivity index (χ1) is 12.7. The molecule has 0 bridgehead atoms. The number of nitrogens with zero attached hydrogens (tertiary/aromatic N) is 3. The first kappa shape index (κ1) is 17.4. The Morgan fingerprint density at radius 3 is 2.37 bits per heavy atom. The zero-order valence-corrected chi connectivity index (χ0v) is 14.1. The molecule has 2 unspecified atom stereocenters. The predicted octanol–water partition coefficient (Wildman–Crippen LogP) is 4.36. The van der Waals surface area contributed by atoms with Gasteiger partial charge in [-0.15, -0.1) is 10.2 Å². The molecule has 2 heterocycles. The molecule has 4 rings (SSSR count). The van der Waals surface area contributed by atoms with Crippen LogP contribution in [0.1, 0.15) is 24.5 Å². The third kappa shape index (κ3) is 2.41. The average Bonchev–Trinajstić information content (AvgIpc) is 3.09. The van der Waals surface area contributed by atoms with Gasteiger partial charge in [0.1, 0.15) is 17.5 Å². The van der Waals surface area contributed by atoms with Crippen LogP contribution in [-0.4, -0.2) is 14.8 Å². The van der Waals surface area contributed by atoms with Gasteiger partial charge in [0, 0.05) is 18.7 Å². The predicted molar refractivity (Wildman–Crippen MR) is 84.5 cm³/mol. The highest BCUT2D eigenvalue weighted by atomic mass is 19.2. The summed E-state index contributed by atoms with van der Waals surface area (Å²) in [5, 5.41) is 7.57. The van der Waals surface area contributed by atoms with Gasteiger partial charge in [-0.3, -0.25) is 0 Å². The Balaban J connectivity index is 1.84. The lowest BCUT2D eigenvalue weighted by Gasteiger charge is -2.25. The van der Waals surface area contributed by atoms with E-state index in [-0.39, 0.29) is 17.2 Å². The number of hydrogen-bond donors (Lipinski definition) is 0. The summed E-state index contributed by atoms with van der Waals surface area (Å²) in [5.41, 5.74) is -2.61. The molecule has 0 saturated carbocycles. The van der Waals surface area contributed by atoms with Crippen LogP contribution in [0, 0.1) is 23.3 Å². The minimum absolute atomic E-state index is 0.135. The highest BCUT2D eigenvalue weighted by Crippen LogP contribution is 2.51. The van der Waals surface area contributed by atoms with Crippen LogP contribution in [0.5, 0.6) is 5.75 Å². The summed E-state index contributed by atoms with van der Waals surface area (Å²) in [7, 11) is 1.37. The number of fused-ring (bicyclic) bond motifs is 1. The number of hydrogen-bond acceptors (Lipinski definition) is 3. The minimum Gasteiger partial charge on any atom is -0.473 e. The van der Waals surface area contributed by atoms with Gasteiger partial charge < -0.3 is 9.30 Å². The van der Waals surface area contributed by atoms with Gasteiger partial charge in [-0.05, 0) is 25.1 Å². The topological polar surface area (TPSA) is 39.9 Å². The maximum absolute atomic E-state index is 15.1. The van der Waals surface area contributed by atoms with Gasteiger partial charge in [-0.2, -0.15) is 0 Å². The zero-order chi connectivity index (χ0) is 19.5. The number of rotatable bonds is 2. The molecular formula is C18H12F5N3O. The summed E-state index contributed by atoms with van der Waals surface area (Å²) < 4.78 is 77.3. The van der Waals surface area contributed by atoms with E-state index in [1.54, 1.807) is 0 Å². The summed E-state index contributed by atoms with van der Waals surface area (Å²) in [6.45, 7) is 1.28. The van der Waals surface area contributed by atoms with Gasteiger partial charge in [-0.25, -0.2) is 22.0 Å². The number of aromatic nitrogens is 3. The van der Waals surface area contributed by atoms with Crippen molar-refractivity contribution in [3.63, 3.8) is 0 Å². The maximum Gasteiger partial charge on any atom is 0.201 e. The quantitative estimate of drug-likeness (QED) is 0.620. The zero-order valence-electron chi connectivity index (χ0n) is 14.1. The largest absolute Gasteiger partial charge is 0.473 e. The van der Waals surface area contributed by atoms with Crippen molar-refractivity contribution in [2.75, 3.05) is 0 Å². The van der Waals surface area contributed by atoms with Gasteiger partial charge in [0.15, 0.2) is 29.4 Å². The minimum atomic E-state index is -1.97. The van der Waals surface area contributed by atoms with Gasteiger partial charge in [0.05, 0.1) is 5.56 Å². The van der Waals surface area contributed by atoms with Crippen LogP contribution in [0.25, 0.3) is 11.4 Å². The van der Waals surface area contributed by atoms with Crippen molar-refractivity contribution in [1.82, 2.24) is 14.8 Å². The van der Waals surface area contributed by atoms with E-state index in [0.717, 1.165) is 22.8 Å². The summed E-state index contributed by atoms with van der Waals surface area (Å²) in [5.74, 6) is -4.52. The maximum atomic E-state index is 15.1. The van der Waals surface area contributed by atoms with Crippen molar-refractivity contribution in [1.29, 1.82) is 0 Å². The molecule has 27 heavy (non-hydrogen) atoms. The van der Waals surface area contributed by atoms with Crippen LogP contribution in [0.4, 0.5) is 22.0 Å². The van der Waals surface area contributed by atoms with Gasteiger partial charge in [-0.1, -0.05) is 6.07 Å². The lowest BCUT2D eigenvalue weighted by Crippen LogP contribution is -2.33. The second-order valence-electron chi connectivity index (χ2n) is 6.38. The molecule has 0 aliphatic carbocycles. The van der Waals surface area contributed by atoms with Crippen LogP contribution in [0.15, 0.2) is 30.3 Å². The van der Waals surface area contributed by atoms with E-state index >= 15 is 4.39 Å². The molecule has 1 aliphatic rings. The Labute approximate surface area is 150 Å². The molecule has 2 aromatic carbocycles. The van der Waals surface area contributed by atoms with E-state index in [1.807, 2.05) is 0 Å². The normalized spacial score (nSPS) is 21.2. The highest BCUT2D eigenvalue weighted by Gasteiger charge is 2.52. The fourth-order valence-corrected chi connectivity index (χ4v) is 3.29. The first-order valence-electron chi connectivity index (χ1n) is 7.90. The van der Waals surface area contributed by atoms with Crippen molar-refractivity contribution < 1.29 is 26.7 Å². The second kappa shape index (κ2) is 5.77. The molecular weight excluding hydrogens is 369 g/mol. The van der Waals surface area contributed by atoms with Crippen molar-refractivity contribution in [3.05, 3.63) is 65.0 Å². The van der Waals surface area contributed by atoms with E-state index in [9.17, 15) is 17.6 Å². The van der Waals surface area contributed by atoms with Gasteiger partial charge >= 0.3 is 0 Å². The molecule has 0 fully saturated rings. The van der Waals surface area contributed by atoms with Crippen LogP contribution in [-0.2, 0) is 12.6 Å². The standard InChI is InChI=1S/C18H12F5N3O/c1-18(15(23)9-6-8(19)7-12(22)14(9)27-18)17-25-24-16(26(17)2)13-10(20)4-3-5-11(13)21/h3-7,15H,1-2H3. The van der Waals surface area contributed by atoms with E-state index in [2.05, 4.69) is 10.2 Å². The molecule has 2 atom stereocenters. The summed E-state index contributed by atoms with van der Waals surface area (Å²) >= 11 is 0. The van der Waals surface area contributed by atoms with Crippen LogP contribution in [0.2, 0.25) is 0 Å². The molecule has 140 valence electrons. The third-order valence-corrected chi connectivity index (χ3v) is 4.61. The summed E-state index contributed by atoms with van der Waals surface area (Å²) in [6.07, 6.45) is -1.97. The molecule has 4 nitrogen and oxygen atoms in total. The lowest BCUT2D eigenvalue weighted by molar-refractivity contribution is 0.0185. The lowest BCUT2D eigenvalue weighted by atomic mass is 9.95.